The van der Waals surface area contributed by atoms with Gasteiger partial charge < -0.3 is 4.90 Å². The van der Waals surface area contributed by atoms with Gasteiger partial charge in [-0.3, -0.25) is 4.79 Å². The molecule has 0 radical (unpaired) electrons. The van der Waals surface area contributed by atoms with E-state index in [-0.39, 0.29) is 18.5 Å². The standard InChI is InChI=1S/C13H11ClF5NO/c14-4-5-20(6-2-1-3-6)13(21)7-8(15)10(17)12(19)11(18)9(7)16/h6H,1-5H2. The summed E-state index contributed by atoms with van der Waals surface area (Å²) in [5.41, 5.74) is -1.43. The lowest BCUT2D eigenvalue weighted by molar-refractivity contribution is 0.0584. The fraction of sp³-hybridized carbons (Fsp3) is 0.462. The second-order valence-corrected chi connectivity index (χ2v) is 5.10. The van der Waals surface area contributed by atoms with E-state index in [0.717, 1.165) is 11.3 Å². The highest BCUT2D eigenvalue weighted by atomic mass is 35.5. The van der Waals surface area contributed by atoms with E-state index in [4.69, 9.17) is 11.6 Å². The lowest BCUT2D eigenvalue weighted by atomic mass is 9.91. The minimum absolute atomic E-state index is 0.00234. The molecule has 1 aliphatic rings. The lowest BCUT2D eigenvalue weighted by Crippen LogP contribution is -2.46. The van der Waals surface area contributed by atoms with Crippen molar-refractivity contribution >= 4 is 17.5 Å². The number of hydrogen-bond acceptors (Lipinski definition) is 1. The van der Waals surface area contributed by atoms with Gasteiger partial charge in [-0.25, -0.2) is 22.0 Å². The summed E-state index contributed by atoms with van der Waals surface area (Å²) in [6.07, 6.45) is 2.05. The predicted molar refractivity (Wildman–Crippen MR) is 65.6 cm³/mol. The van der Waals surface area contributed by atoms with Gasteiger partial charge in [-0.15, -0.1) is 11.6 Å². The van der Waals surface area contributed by atoms with Crippen molar-refractivity contribution in [2.75, 3.05) is 12.4 Å². The Morgan fingerprint density at radius 3 is 1.86 bits per heavy atom. The predicted octanol–water partition coefficient (Wildman–Crippen LogP) is 3.62. The van der Waals surface area contributed by atoms with Gasteiger partial charge in [-0.2, -0.15) is 0 Å². The number of rotatable bonds is 4. The monoisotopic (exact) mass is 327 g/mol. The van der Waals surface area contributed by atoms with E-state index >= 15 is 0 Å². The summed E-state index contributed by atoms with van der Waals surface area (Å²) in [6, 6.07) is -0.286. The molecule has 0 spiro atoms. The Kier molecular flexibility index (Phi) is 4.70. The minimum atomic E-state index is -2.28. The first-order valence-corrected chi connectivity index (χ1v) is 6.82. The lowest BCUT2D eigenvalue weighted by Gasteiger charge is -2.37. The van der Waals surface area contributed by atoms with E-state index in [0.29, 0.717) is 12.8 Å². The highest BCUT2D eigenvalue weighted by Gasteiger charge is 2.35. The third kappa shape index (κ3) is 2.71. The zero-order valence-corrected chi connectivity index (χ0v) is 11.5. The summed E-state index contributed by atoms with van der Waals surface area (Å²) < 4.78 is 66.6. The number of benzene rings is 1. The highest BCUT2D eigenvalue weighted by molar-refractivity contribution is 6.18. The van der Waals surface area contributed by atoms with Crippen molar-refractivity contribution in [2.24, 2.45) is 0 Å². The number of nitrogens with zero attached hydrogens (tertiary/aromatic N) is 1. The molecule has 1 amide bonds. The molecule has 0 atom stereocenters. The molecule has 2 nitrogen and oxygen atoms in total. The summed E-state index contributed by atoms with van der Waals surface area (Å²) >= 11 is 5.53. The summed E-state index contributed by atoms with van der Waals surface area (Å²) in [7, 11) is 0. The summed E-state index contributed by atoms with van der Waals surface area (Å²) in [5, 5.41) is 0. The van der Waals surface area contributed by atoms with Crippen LogP contribution in [0.2, 0.25) is 0 Å². The first-order chi connectivity index (χ1) is 9.90. The van der Waals surface area contributed by atoms with Crippen molar-refractivity contribution in [3.8, 4) is 0 Å². The minimum Gasteiger partial charge on any atom is -0.334 e. The second kappa shape index (κ2) is 6.17. The molecule has 0 aromatic heterocycles. The summed E-state index contributed by atoms with van der Waals surface area (Å²) in [5.74, 6) is -12.0. The van der Waals surface area contributed by atoms with Crippen molar-refractivity contribution < 1.29 is 26.7 Å². The van der Waals surface area contributed by atoms with Crippen molar-refractivity contribution in [3.05, 3.63) is 34.6 Å². The molecule has 0 heterocycles. The summed E-state index contributed by atoms with van der Waals surface area (Å²) in [4.78, 5) is 13.2. The van der Waals surface area contributed by atoms with Crippen LogP contribution in [0, 0.1) is 29.1 Å². The molecule has 21 heavy (non-hydrogen) atoms. The van der Waals surface area contributed by atoms with Crippen molar-refractivity contribution in [1.29, 1.82) is 0 Å². The molecule has 0 unspecified atom stereocenters. The Bertz CT molecular complexity index is 547. The van der Waals surface area contributed by atoms with Gasteiger partial charge in [0.15, 0.2) is 23.3 Å². The Labute approximate surface area is 122 Å². The van der Waals surface area contributed by atoms with Gasteiger partial charge in [0.05, 0.1) is 0 Å². The Hall–Kier alpha value is -1.37. The fourth-order valence-electron chi connectivity index (χ4n) is 2.18. The first-order valence-electron chi connectivity index (χ1n) is 6.28. The van der Waals surface area contributed by atoms with E-state index in [2.05, 4.69) is 0 Å². The van der Waals surface area contributed by atoms with Gasteiger partial charge in [-0.1, -0.05) is 0 Å². The molecule has 0 bridgehead atoms. The third-order valence-corrected chi connectivity index (χ3v) is 3.69. The van der Waals surface area contributed by atoms with Crippen LogP contribution in [0.25, 0.3) is 0 Å². The molecule has 0 N–H and O–H groups in total. The number of amides is 1. The van der Waals surface area contributed by atoms with Gasteiger partial charge >= 0.3 is 0 Å². The molecule has 1 aromatic carbocycles. The van der Waals surface area contributed by atoms with E-state index in [9.17, 15) is 26.7 Å². The zero-order valence-electron chi connectivity index (χ0n) is 10.7. The van der Waals surface area contributed by atoms with Crippen LogP contribution in [0.15, 0.2) is 0 Å². The third-order valence-electron chi connectivity index (χ3n) is 3.53. The molecular formula is C13H11ClF5NO. The molecule has 0 saturated heterocycles. The van der Waals surface area contributed by atoms with Crippen LogP contribution in [0.3, 0.4) is 0 Å². The average Bonchev–Trinajstić information content (AvgIpc) is 2.40. The molecule has 2 rings (SSSR count). The van der Waals surface area contributed by atoms with Crippen LogP contribution in [0.1, 0.15) is 29.6 Å². The van der Waals surface area contributed by atoms with Gasteiger partial charge in [0, 0.05) is 18.5 Å². The largest absolute Gasteiger partial charge is 0.334 e. The van der Waals surface area contributed by atoms with Crippen LogP contribution >= 0.6 is 11.6 Å². The molecule has 8 heteroatoms. The first kappa shape index (κ1) is 16.0. The molecule has 1 saturated carbocycles. The maximum atomic E-state index is 13.6. The van der Waals surface area contributed by atoms with Crippen molar-refractivity contribution in [2.45, 2.75) is 25.3 Å². The second-order valence-electron chi connectivity index (χ2n) is 4.72. The van der Waals surface area contributed by atoms with Crippen LogP contribution < -0.4 is 0 Å². The zero-order chi connectivity index (χ0) is 15.7. The Morgan fingerprint density at radius 2 is 1.48 bits per heavy atom. The molecule has 0 aliphatic heterocycles. The van der Waals surface area contributed by atoms with Crippen molar-refractivity contribution in [1.82, 2.24) is 4.90 Å². The molecule has 1 fully saturated rings. The maximum absolute atomic E-state index is 13.6. The smallest absolute Gasteiger partial charge is 0.260 e. The fourth-order valence-corrected chi connectivity index (χ4v) is 2.36. The van der Waals surface area contributed by atoms with Crippen LogP contribution in [0.4, 0.5) is 22.0 Å². The van der Waals surface area contributed by atoms with E-state index in [1.54, 1.807) is 0 Å². The molecule has 1 aliphatic carbocycles. The molecule has 1 aromatic rings. The molecular weight excluding hydrogens is 317 g/mol. The normalized spacial score (nSPS) is 15.0. The van der Waals surface area contributed by atoms with E-state index in [1.807, 2.05) is 0 Å². The van der Waals surface area contributed by atoms with Gasteiger partial charge in [0.1, 0.15) is 5.56 Å². The van der Waals surface area contributed by atoms with E-state index < -0.39 is 40.6 Å². The number of halogens is 6. The number of carbonyl (C=O) groups is 1. The van der Waals surface area contributed by atoms with Crippen LogP contribution in [0.5, 0.6) is 0 Å². The maximum Gasteiger partial charge on any atom is 0.260 e. The quantitative estimate of drug-likeness (QED) is 0.358. The van der Waals surface area contributed by atoms with Crippen molar-refractivity contribution in [3.63, 3.8) is 0 Å². The topological polar surface area (TPSA) is 20.3 Å². The van der Waals surface area contributed by atoms with Gasteiger partial charge in [0.2, 0.25) is 5.82 Å². The average molecular weight is 328 g/mol. The number of hydrogen-bond donors (Lipinski definition) is 0. The summed E-state index contributed by atoms with van der Waals surface area (Å²) in [6.45, 7) is -0.0233. The highest BCUT2D eigenvalue weighted by Crippen LogP contribution is 2.29. The van der Waals surface area contributed by atoms with Crippen LogP contribution in [-0.4, -0.2) is 29.3 Å². The Morgan fingerprint density at radius 1 is 1.00 bits per heavy atom. The van der Waals surface area contributed by atoms with Gasteiger partial charge in [0.25, 0.3) is 5.91 Å². The van der Waals surface area contributed by atoms with Crippen LogP contribution in [-0.2, 0) is 0 Å². The SMILES string of the molecule is O=C(c1c(F)c(F)c(F)c(F)c1F)N(CCCl)C1CCC1. The molecule has 116 valence electrons. The Balaban J connectivity index is 2.46. The number of carbonyl (C=O) groups excluding carboxylic acids is 1. The number of alkyl halides is 1. The van der Waals surface area contributed by atoms with E-state index in [1.165, 1.54) is 0 Å². The van der Waals surface area contributed by atoms with Gasteiger partial charge in [-0.05, 0) is 19.3 Å².